The molecule has 82 valence electrons. The van der Waals surface area contributed by atoms with Crippen LogP contribution in [0.1, 0.15) is 24.9 Å². The van der Waals surface area contributed by atoms with Gasteiger partial charge in [-0.2, -0.15) is 0 Å². The quantitative estimate of drug-likeness (QED) is 0.789. The zero-order valence-electron chi connectivity index (χ0n) is 9.36. The fourth-order valence-corrected chi connectivity index (χ4v) is 1.92. The number of benzene rings is 1. The van der Waals surface area contributed by atoms with E-state index >= 15 is 0 Å². The molecule has 1 atom stereocenters. The zero-order chi connectivity index (χ0) is 11.4. The number of furan rings is 1. The molecule has 1 aromatic heterocycles. The van der Waals surface area contributed by atoms with Crippen LogP contribution in [0, 0.1) is 12.3 Å². The minimum Gasteiger partial charge on any atom is -0.464 e. The van der Waals surface area contributed by atoms with Gasteiger partial charge in [-0.1, -0.05) is 25.1 Å². The molecule has 2 heteroatoms. The average molecular weight is 213 g/mol. The molecule has 2 rings (SSSR count). The molecule has 1 unspecified atom stereocenters. The first-order chi connectivity index (χ1) is 7.86. The van der Waals surface area contributed by atoms with E-state index in [1.807, 2.05) is 18.2 Å². The Hall–Kier alpha value is -1.72. The zero-order valence-corrected chi connectivity index (χ0v) is 9.36. The Labute approximate surface area is 95.6 Å². The molecule has 0 aliphatic heterocycles. The van der Waals surface area contributed by atoms with Crippen LogP contribution in [0.3, 0.4) is 0 Å². The van der Waals surface area contributed by atoms with E-state index in [2.05, 4.69) is 24.2 Å². The van der Waals surface area contributed by atoms with E-state index in [0.717, 1.165) is 23.1 Å². The van der Waals surface area contributed by atoms with E-state index in [1.165, 1.54) is 0 Å². The van der Waals surface area contributed by atoms with Crippen LogP contribution in [0.25, 0.3) is 11.0 Å². The van der Waals surface area contributed by atoms with Gasteiger partial charge < -0.3 is 9.73 Å². The minimum atomic E-state index is 0.179. The van der Waals surface area contributed by atoms with Crippen molar-refractivity contribution in [1.82, 2.24) is 5.32 Å². The summed E-state index contributed by atoms with van der Waals surface area (Å²) in [6, 6.07) is 8.20. The van der Waals surface area contributed by atoms with Crippen molar-refractivity contribution in [3.05, 3.63) is 36.1 Å². The van der Waals surface area contributed by atoms with Crippen LogP contribution in [0.15, 0.2) is 34.9 Å². The van der Waals surface area contributed by atoms with Crippen LogP contribution in [0.4, 0.5) is 0 Å². The Kier molecular flexibility index (Phi) is 3.28. The lowest BCUT2D eigenvalue weighted by Crippen LogP contribution is -2.20. The fourth-order valence-electron chi connectivity index (χ4n) is 1.92. The van der Waals surface area contributed by atoms with Crippen molar-refractivity contribution < 1.29 is 4.42 Å². The summed E-state index contributed by atoms with van der Waals surface area (Å²) in [5.74, 6) is 2.70. The first-order valence-corrected chi connectivity index (χ1v) is 5.49. The lowest BCUT2D eigenvalue weighted by molar-refractivity contribution is 0.547. The summed E-state index contributed by atoms with van der Waals surface area (Å²) in [5, 5.41) is 4.52. The largest absolute Gasteiger partial charge is 0.464 e. The van der Waals surface area contributed by atoms with E-state index in [-0.39, 0.29) is 6.04 Å². The summed E-state index contributed by atoms with van der Waals surface area (Å²) in [6.07, 6.45) is 7.87. The summed E-state index contributed by atoms with van der Waals surface area (Å²) < 4.78 is 5.51. The summed E-state index contributed by atoms with van der Waals surface area (Å²) in [4.78, 5) is 0. The van der Waals surface area contributed by atoms with Crippen LogP contribution in [0.2, 0.25) is 0 Å². The van der Waals surface area contributed by atoms with Crippen LogP contribution >= 0.6 is 0 Å². The molecule has 0 bridgehead atoms. The van der Waals surface area contributed by atoms with Gasteiger partial charge in [-0.15, -0.1) is 12.3 Å². The number of fused-ring (bicyclic) bond motifs is 1. The van der Waals surface area contributed by atoms with Crippen molar-refractivity contribution in [2.75, 3.05) is 6.54 Å². The molecule has 2 nitrogen and oxygen atoms in total. The number of hydrogen-bond acceptors (Lipinski definition) is 2. The summed E-state index contributed by atoms with van der Waals surface area (Å²) >= 11 is 0. The van der Waals surface area contributed by atoms with Crippen molar-refractivity contribution >= 4 is 11.0 Å². The van der Waals surface area contributed by atoms with E-state index in [0.29, 0.717) is 6.42 Å². The third-order valence-corrected chi connectivity index (χ3v) is 2.66. The Bertz CT molecular complexity index is 507. The van der Waals surface area contributed by atoms with Gasteiger partial charge in [0.05, 0.1) is 6.26 Å². The lowest BCUT2D eigenvalue weighted by atomic mass is 10.0. The van der Waals surface area contributed by atoms with Gasteiger partial charge in [-0.05, 0) is 12.6 Å². The highest BCUT2D eigenvalue weighted by atomic mass is 16.3. The van der Waals surface area contributed by atoms with Crippen LogP contribution in [0.5, 0.6) is 0 Å². The summed E-state index contributed by atoms with van der Waals surface area (Å²) in [5.41, 5.74) is 2.06. The SMILES string of the molecule is C#CCC(NCC)c1coc2ccccc12. The molecule has 0 aliphatic rings. The molecule has 1 N–H and O–H groups in total. The predicted octanol–water partition coefficient (Wildman–Crippen LogP) is 3.11. The van der Waals surface area contributed by atoms with Gasteiger partial charge in [0, 0.05) is 23.4 Å². The Morgan fingerprint density at radius 2 is 2.25 bits per heavy atom. The average Bonchev–Trinajstić information content (AvgIpc) is 2.72. The van der Waals surface area contributed by atoms with Gasteiger partial charge in [0.25, 0.3) is 0 Å². The predicted molar refractivity (Wildman–Crippen MR) is 66.1 cm³/mol. The molecule has 0 aliphatic carbocycles. The monoisotopic (exact) mass is 213 g/mol. The van der Waals surface area contributed by atoms with Crippen molar-refractivity contribution in [2.24, 2.45) is 0 Å². The Morgan fingerprint density at radius 1 is 1.44 bits per heavy atom. The van der Waals surface area contributed by atoms with Crippen LogP contribution < -0.4 is 5.32 Å². The Balaban J connectivity index is 2.40. The van der Waals surface area contributed by atoms with E-state index < -0.39 is 0 Å². The molecule has 16 heavy (non-hydrogen) atoms. The second-order valence-corrected chi connectivity index (χ2v) is 3.71. The number of rotatable bonds is 4. The maximum absolute atomic E-state index is 5.51. The summed E-state index contributed by atoms with van der Waals surface area (Å²) in [7, 11) is 0. The highest BCUT2D eigenvalue weighted by molar-refractivity contribution is 5.81. The Morgan fingerprint density at radius 3 is 3.00 bits per heavy atom. The van der Waals surface area contributed by atoms with Crippen molar-refractivity contribution in [2.45, 2.75) is 19.4 Å². The molecule has 0 spiro atoms. The van der Waals surface area contributed by atoms with E-state index in [4.69, 9.17) is 10.8 Å². The molecular formula is C14H15NO. The van der Waals surface area contributed by atoms with Gasteiger partial charge in [0.1, 0.15) is 5.58 Å². The minimum absolute atomic E-state index is 0.179. The molecular weight excluding hydrogens is 198 g/mol. The number of terminal acetylenes is 1. The molecule has 0 radical (unpaired) electrons. The molecule has 2 aromatic rings. The third kappa shape index (κ3) is 1.95. The number of nitrogens with one attached hydrogen (secondary N) is 1. The topological polar surface area (TPSA) is 25.2 Å². The first kappa shape index (κ1) is 10.8. The third-order valence-electron chi connectivity index (χ3n) is 2.66. The van der Waals surface area contributed by atoms with Crippen LogP contribution in [-0.4, -0.2) is 6.54 Å². The number of hydrogen-bond donors (Lipinski definition) is 1. The van der Waals surface area contributed by atoms with Crippen molar-refractivity contribution in [3.63, 3.8) is 0 Å². The standard InChI is InChI=1S/C14H15NO/c1-3-7-13(15-4-2)12-10-16-14-9-6-5-8-11(12)14/h1,5-6,8-10,13,15H,4,7H2,2H3. The smallest absolute Gasteiger partial charge is 0.134 e. The van der Waals surface area contributed by atoms with Gasteiger partial charge in [-0.25, -0.2) is 0 Å². The van der Waals surface area contributed by atoms with Gasteiger partial charge >= 0.3 is 0 Å². The maximum Gasteiger partial charge on any atom is 0.134 e. The van der Waals surface area contributed by atoms with E-state index in [1.54, 1.807) is 6.26 Å². The second kappa shape index (κ2) is 4.87. The van der Waals surface area contributed by atoms with Gasteiger partial charge in [-0.3, -0.25) is 0 Å². The second-order valence-electron chi connectivity index (χ2n) is 3.71. The lowest BCUT2D eigenvalue weighted by Gasteiger charge is -2.13. The normalized spacial score (nSPS) is 12.5. The van der Waals surface area contributed by atoms with E-state index in [9.17, 15) is 0 Å². The van der Waals surface area contributed by atoms with Gasteiger partial charge in [0.2, 0.25) is 0 Å². The van der Waals surface area contributed by atoms with Crippen molar-refractivity contribution in [3.8, 4) is 12.3 Å². The van der Waals surface area contributed by atoms with Gasteiger partial charge in [0.15, 0.2) is 0 Å². The molecule has 0 saturated heterocycles. The highest BCUT2D eigenvalue weighted by Gasteiger charge is 2.14. The fraction of sp³-hybridized carbons (Fsp3) is 0.286. The molecule has 1 aromatic carbocycles. The highest BCUT2D eigenvalue weighted by Crippen LogP contribution is 2.27. The van der Waals surface area contributed by atoms with Crippen LogP contribution in [-0.2, 0) is 0 Å². The number of para-hydroxylation sites is 1. The summed E-state index contributed by atoms with van der Waals surface area (Å²) in [6.45, 7) is 2.97. The molecule has 0 fully saturated rings. The molecule has 0 saturated carbocycles. The first-order valence-electron chi connectivity index (χ1n) is 5.49. The molecule has 0 amide bonds. The maximum atomic E-state index is 5.51. The molecule has 1 heterocycles. The van der Waals surface area contributed by atoms with Crippen molar-refractivity contribution in [1.29, 1.82) is 0 Å².